The molecule has 3 nitrogen and oxygen atoms in total. The molecule has 0 N–H and O–H groups in total. The Balaban J connectivity index is 2.81. The predicted octanol–water partition coefficient (Wildman–Crippen LogP) is 2.09. The minimum Gasteiger partial charge on any atom is -0.223 e. The molecule has 0 aliphatic rings. The molecule has 0 saturated carbocycles. The molecule has 0 aliphatic heterocycles. The normalized spacial score (nSPS) is 12.1. The Bertz CT molecular complexity index is 591. The average Bonchev–Trinajstić information content (AvgIpc) is 2.48. The van der Waals surface area contributed by atoms with E-state index < -0.39 is 20.4 Å². The fourth-order valence-electron chi connectivity index (χ4n) is 0.999. The highest BCUT2D eigenvalue weighted by Crippen LogP contribution is 2.28. The zero-order valence-corrected chi connectivity index (χ0v) is 8.20. The minimum atomic E-state index is -4.84. The molecule has 0 spiro atoms. The Morgan fingerprint density at radius 2 is 2.07 bits per heavy atom. The van der Waals surface area contributed by atoms with Crippen LogP contribution in [0.2, 0.25) is 0 Å². The van der Waals surface area contributed by atoms with Gasteiger partial charge in [0.2, 0.25) is 4.34 Å². The molecule has 1 aromatic carbocycles. The quantitative estimate of drug-likeness (QED) is 0.711. The zero-order valence-electron chi connectivity index (χ0n) is 6.57. The monoisotopic (exact) mass is 235 g/mol. The number of fused-ring (bicyclic) bond motifs is 1. The van der Waals surface area contributed by atoms with Crippen molar-refractivity contribution in [2.24, 2.45) is 0 Å². The first-order valence-electron chi connectivity index (χ1n) is 3.48. The van der Waals surface area contributed by atoms with Gasteiger partial charge in [-0.2, -0.15) is 8.42 Å². The van der Waals surface area contributed by atoms with E-state index in [1.807, 2.05) is 0 Å². The van der Waals surface area contributed by atoms with Crippen molar-refractivity contribution in [2.45, 2.75) is 4.34 Å². The molecule has 74 valence electrons. The van der Waals surface area contributed by atoms with Crippen LogP contribution in [0.15, 0.2) is 22.5 Å². The number of benzene rings is 1. The molecule has 0 bridgehead atoms. The summed E-state index contributed by atoms with van der Waals surface area (Å²) in [6.45, 7) is 0. The van der Waals surface area contributed by atoms with E-state index >= 15 is 0 Å². The van der Waals surface area contributed by atoms with Crippen molar-refractivity contribution in [2.75, 3.05) is 0 Å². The number of rotatable bonds is 1. The second-order valence-electron chi connectivity index (χ2n) is 2.51. The van der Waals surface area contributed by atoms with Crippen LogP contribution in [0.4, 0.5) is 8.28 Å². The Morgan fingerprint density at radius 1 is 1.36 bits per heavy atom. The van der Waals surface area contributed by atoms with E-state index in [0.29, 0.717) is 11.3 Å². The highest BCUT2D eigenvalue weighted by atomic mass is 32.3. The van der Waals surface area contributed by atoms with Crippen LogP contribution in [-0.2, 0) is 10.2 Å². The van der Waals surface area contributed by atoms with Crippen molar-refractivity contribution >= 4 is 31.8 Å². The van der Waals surface area contributed by atoms with E-state index in [1.54, 1.807) is 0 Å². The lowest BCUT2D eigenvalue weighted by Gasteiger charge is -1.86. The van der Waals surface area contributed by atoms with Gasteiger partial charge in [0.05, 0.1) is 10.2 Å². The lowest BCUT2D eigenvalue weighted by molar-refractivity contribution is 0.551. The van der Waals surface area contributed by atoms with Crippen molar-refractivity contribution < 1.29 is 16.7 Å². The lowest BCUT2D eigenvalue weighted by Crippen LogP contribution is -1.88. The summed E-state index contributed by atoms with van der Waals surface area (Å²) in [5.41, 5.74) is 0.145. The predicted molar refractivity (Wildman–Crippen MR) is 47.9 cm³/mol. The largest absolute Gasteiger partial charge is 0.359 e. The standard InChI is InChI=1S/C7H3F2NO2S2/c8-4-2-1-3-5-6(4)13-7(10-5)14(9,11)12/h1-3H. The van der Waals surface area contributed by atoms with Gasteiger partial charge in [-0.3, -0.25) is 0 Å². The summed E-state index contributed by atoms with van der Waals surface area (Å²) in [5, 5.41) is 0. The van der Waals surface area contributed by atoms with Crippen LogP contribution in [0.25, 0.3) is 10.2 Å². The number of halogens is 2. The van der Waals surface area contributed by atoms with Crippen molar-refractivity contribution in [3.8, 4) is 0 Å². The fourth-order valence-corrected chi connectivity index (χ4v) is 2.56. The SMILES string of the molecule is O=S(=O)(F)c1nc2cccc(F)c2s1. The molecule has 0 amide bonds. The van der Waals surface area contributed by atoms with Gasteiger partial charge in [0.1, 0.15) is 5.82 Å². The molecule has 0 unspecified atom stereocenters. The Kier molecular flexibility index (Phi) is 2.00. The molecule has 0 aliphatic carbocycles. The van der Waals surface area contributed by atoms with Crippen LogP contribution in [0.5, 0.6) is 0 Å². The zero-order chi connectivity index (χ0) is 10.3. The molecule has 0 atom stereocenters. The summed E-state index contributed by atoms with van der Waals surface area (Å²) >= 11 is 0.482. The average molecular weight is 235 g/mol. The van der Waals surface area contributed by atoms with Crippen LogP contribution in [-0.4, -0.2) is 13.4 Å². The number of hydrogen-bond donors (Lipinski definition) is 0. The molecule has 0 saturated heterocycles. The van der Waals surface area contributed by atoms with Gasteiger partial charge in [0, 0.05) is 0 Å². The summed E-state index contributed by atoms with van der Waals surface area (Å²) in [6.07, 6.45) is 0. The third kappa shape index (κ3) is 1.48. The Labute approximate surface area is 82.2 Å². The van der Waals surface area contributed by atoms with E-state index in [9.17, 15) is 16.7 Å². The van der Waals surface area contributed by atoms with Gasteiger partial charge in [-0.25, -0.2) is 9.37 Å². The molecule has 7 heteroatoms. The fraction of sp³-hybridized carbons (Fsp3) is 0. The van der Waals surface area contributed by atoms with Gasteiger partial charge < -0.3 is 0 Å². The summed E-state index contributed by atoms with van der Waals surface area (Å²) in [4.78, 5) is 3.46. The maximum atomic E-state index is 13.0. The molecule has 1 heterocycles. The number of thiazole rings is 1. The molecule has 2 rings (SSSR count). The van der Waals surface area contributed by atoms with Gasteiger partial charge in [-0.1, -0.05) is 21.3 Å². The van der Waals surface area contributed by atoms with Crippen molar-refractivity contribution in [1.82, 2.24) is 4.98 Å². The maximum absolute atomic E-state index is 13.0. The van der Waals surface area contributed by atoms with Crippen LogP contribution in [0, 0.1) is 5.82 Å². The third-order valence-electron chi connectivity index (χ3n) is 1.56. The van der Waals surface area contributed by atoms with E-state index in [1.165, 1.54) is 12.1 Å². The summed E-state index contributed by atoms with van der Waals surface area (Å²) < 4.78 is 45.8. The van der Waals surface area contributed by atoms with Gasteiger partial charge in [0.25, 0.3) is 0 Å². The molecular weight excluding hydrogens is 232 g/mol. The first-order valence-corrected chi connectivity index (χ1v) is 5.68. The van der Waals surface area contributed by atoms with Gasteiger partial charge in [-0.15, -0.1) is 0 Å². The topological polar surface area (TPSA) is 47.0 Å². The summed E-state index contributed by atoms with van der Waals surface area (Å²) in [7, 11) is -4.84. The second-order valence-corrected chi connectivity index (χ2v) is 5.03. The lowest BCUT2D eigenvalue weighted by atomic mass is 10.3. The van der Waals surface area contributed by atoms with Gasteiger partial charge >= 0.3 is 10.2 Å². The van der Waals surface area contributed by atoms with Crippen LogP contribution in [0.3, 0.4) is 0 Å². The maximum Gasteiger partial charge on any atom is 0.359 e. The number of nitrogens with zero attached hydrogens (tertiary/aromatic N) is 1. The molecule has 0 fully saturated rings. The third-order valence-corrected chi connectivity index (χ3v) is 3.79. The molecule has 2 aromatic rings. The number of hydrogen-bond acceptors (Lipinski definition) is 4. The van der Waals surface area contributed by atoms with E-state index in [-0.39, 0.29) is 10.2 Å². The van der Waals surface area contributed by atoms with E-state index in [0.717, 1.165) is 6.07 Å². The van der Waals surface area contributed by atoms with E-state index in [4.69, 9.17) is 0 Å². The number of aromatic nitrogens is 1. The summed E-state index contributed by atoms with van der Waals surface area (Å²) in [5.74, 6) is -0.602. The first kappa shape index (κ1) is 9.47. The second kappa shape index (κ2) is 2.96. The van der Waals surface area contributed by atoms with Crippen LogP contribution >= 0.6 is 11.3 Å². The molecule has 14 heavy (non-hydrogen) atoms. The van der Waals surface area contributed by atoms with Gasteiger partial charge in [-0.05, 0) is 12.1 Å². The van der Waals surface area contributed by atoms with Gasteiger partial charge in [0.15, 0.2) is 0 Å². The van der Waals surface area contributed by atoms with Crippen molar-refractivity contribution in [3.05, 3.63) is 24.0 Å². The highest BCUT2D eigenvalue weighted by Gasteiger charge is 2.19. The van der Waals surface area contributed by atoms with Crippen LogP contribution < -0.4 is 0 Å². The smallest absolute Gasteiger partial charge is 0.223 e. The highest BCUT2D eigenvalue weighted by molar-refractivity contribution is 7.88. The van der Waals surface area contributed by atoms with Crippen molar-refractivity contribution in [1.29, 1.82) is 0 Å². The van der Waals surface area contributed by atoms with E-state index in [2.05, 4.69) is 4.98 Å². The molecule has 0 radical (unpaired) electrons. The first-order chi connectivity index (χ1) is 6.48. The van der Waals surface area contributed by atoms with Crippen LogP contribution in [0.1, 0.15) is 0 Å². The Hall–Kier alpha value is -1.08. The molecule has 1 aromatic heterocycles. The Morgan fingerprint density at radius 3 is 2.64 bits per heavy atom. The summed E-state index contributed by atoms with van der Waals surface area (Å²) in [6, 6.07) is 3.96. The molecular formula is C7H3F2NO2S2. The van der Waals surface area contributed by atoms with Crippen molar-refractivity contribution in [3.63, 3.8) is 0 Å². The minimum absolute atomic E-state index is 0.0451.